The second-order valence-corrected chi connectivity index (χ2v) is 8.37. The van der Waals surface area contributed by atoms with Gasteiger partial charge < -0.3 is 0 Å². The molecule has 0 amide bonds. The molecule has 0 atom stereocenters. The molecule has 27 heavy (non-hydrogen) atoms. The van der Waals surface area contributed by atoms with Crippen LogP contribution < -0.4 is 0 Å². The molecule has 4 aromatic rings. The van der Waals surface area contributed by atoms with Gasteiger partial charge in [0.2, 0.25) is 0 Å². The number of hydrogen-bond donors (Lipinski definition) is 0. The third-order valence-corrected chi connectivity index (χ3v) is 6.62. The van der Waals surface area contributed by atoms with E-state index in [0.717, 1.165) is 47.1 Å². The van der Waals surface area contributed by atoms with Crippen LogP contribution in [0, 0.1) is 17.0 Å². The standard InChI is InChI=1S/C19H17BFN5S/c1-25-8-14-6-13(7-15(21)18(14)24-25)16-9-26-10-17(27-19(26)23-16)12-2-4-20(11-22)5-3-12/h6-10,12H,2-5H2,1H3. The van der Waals surface area contributed by atoms with Crippen LogP contribution in [0.5, 0.6) is 0 Å². The number of rotatable bonds is 2. The molecule has 134 valence electrons. The first kappa shape index (κ1) is 16.5. The second kappa shape index (κ2) is 6.20. The van der Waals surface area contributed by atoms with Crippen LogP contribution in [-0.4, -0.2) is 25.9 Å². The lowest BCUT2D eigenvalue weighted by Crippen LogP contribution is -2.18. The topological polar surface area (TPSA) is 58.9 Å². The van der Waals surface area contributed by atoms with Crippen molar-refractivity contribution in [1.29, 1.82) is 5.26 Å². The smallest absolute Gasteiger partial charge is 0.267 e. The average Bonchev–Trinajstić information content (AvgIpc) is 3.34. The normalized spacial score (nSPS) is 15.7. The van der Waals surface area contributed by atoms with Crippen molar-refractivity contribution in [3.63, 3.8) is 0 Å². The SMILES string of the molecule is Cn1cc2cc(-c3cn4cc(C5CCB(C#N)CC5)sc4n3)cc(F)c2n1. The zero-order valence-electron chi connectivity index (χ0n) is 14.9. The first-order chi connectivity index (χ1) is 13.1. The maximum atomic E-state index is 14.4. The number of hydrogen-bond acceptors (Lipinski definition) is 4. The molecule has 1 saturated heterocycles. The molecule has 4 heterocycles. The third kappa shape index (κ3) is 2.83. The van der Waals surface area contributed by atoms with Crippen molar-refractivity contribution < 1.29 is 4.39 Å². The van der Waals surface area contributed by atoms with E-state index in [9.17, 15) is 4.39 Å². The highest BCUT2D eigenvalue weighted by atomic mass is 32.1. The van der Waals surface area contributed by atoms with E-state index in [-0.39, 0.29) is 12.5 Å². The fourth-order valence-corrected chi connectivity index (χ4v) is 5.14. The van der Waals surface area contributed by atoms with E-state index in [4.69, 9.17) is 10.2 Å². The Bertz CT molecular complexity index is 1160. The molecule has 0 aliphatic carbocycles. The summed E-state index contributed by atoms with van der Waals surface area (Å²) in [6.07, 6.45) is 10.0. The predicted octanol–water partition coefficient (Wildman–Crippen LogP) is 4.52. The Morgan fingerprint density at radius 2 is 2.07 bits per heavy atom. The van der Waals surface area contributed by atoms with E-state index in [0.29, 0.717) is 11.4 Å². The molecule has 0 saturated carbocycles. The predicted molar refractivity (Wildman–Crippen MR) is 106 cm³/mol. The summed E-state index contributed by atoms with van der Waals surface area (Å²) in [6.45, 7) is 0.217. The first-order valence-electron chi connectivity index (χ1n) is 9.12. The van der Waals surface area contributed by atoms with Crippen LogP contribution in [0.3, 0.4) is 0 Å². The van der Waals surface area contributed by atoms with Gasteiger partial charge in [0.1, 0.15) is 5.52 Å². The van der Waals surface area contributed by atoms with Crippen molar-refractivity contribution >= 4 is 33.9 Å². The van der Waals surface area contributed by atoms with Gasteiger partial charge in [-0.15, -0.1) is 11.3 Å². The fraction of sp³-hybridized carbons (Fsp3) is 0.316. The Morgan fingerprint density at radius 3 is 2.81 bits per heavy atom. The van der Waals surface area contributed by atoms with Gasteiger partial charge in [0.25, 0.3) is 6.71 Å². The third-order valence-electron chi connectivity index (χ3n) is 5.46. The molecular weight excluding hydrogens is 360 g/mol. The quantitative estimate of drug-likeness (QED) is 0.483. The molecule has 0 radical (unpaired) electrons. The van der Waals surface area contributed by atoms with E-state index in [2.05, 4.69) is 17.3 Å². The maximum Gasteiger partial charge on any atom is 0.267 e. The van der Waals surface area contributed by atoms with E-state index >= 15 is 0 Å². The molecular formula is C19H17BFN5S. The molecule has 1 aliphatic heterocycles. The van der Waals surface area contributed by atoms with E-state index in [1.165, 1.54) is 10.9 Å². The summed E-state index contributed by atoms with van der Waals surface area (Å²) in [4.78, 5) is 6.97. The van der Waals surface area contributed by atoms with Gasteiger partial charge in [0.15, 0.2) is 10.8 Å². The largest absolute Gasteiger partial charge is 0.297 e. The summed E-state index contributed by atoms with van der Waals surface area (Å²) in [5.74, 6) is 2.59. The van der Waals surface area contributed by atoms with Crippen molar-refractivity contribution in [1.82, 2.24) is 19.2 Å². The van der Waals surface area contributed by atoms with Gasteiger partial charge in [-0.05, 0) is 18.1 Å². The lowest BCUT2D eigenvalue weighted by Gasteiger charge is -2.21. The molecule has 5 rings (SSSR count). The van der Waals surface area contributed by atoms with Crippen molar-refractivity contribution in [2.24, 2.45) is 7.05 Å². The van der Waals surface area contributed by atoms with Crippen LogP contribution >= 0.6 is 11.3 Å². The summed E-state index contributed by atoms with van der Waals surface area (Å²) >= 11 is 1.70. The minimum absolute atomic E-state index is 0.217. The fourth-order valence-electron chi connectivity index (χ4n) is 4.01. The van der Waals surface area contributed by atoms with Crippen molar-refractivity contribution in [3.05, 3.63) is 41.4 Å². The molecule has 0 spiro atoms. The van der Waals surface area contributed by atoms with Crippen LogP contribution in [0.1, 0.15) is 23.6 Å². The maximum absolute atomic E-state index is 14.4. The van der Waals surface area contributed by atoms with Crippen molar-refractivity contribution in [3.8, 4) is 17.2 Å². The van der Waals surface area contributed by atoms with Crippen molar-refractivity contribution in [2.45, 2.75) is 31.4 Å². The van der Waals surface area contributed by atoms with Crippen LogP contribution in [-0.2, 0) is 7.05 Å². The molecule has 5 nitrogen and oxygen atoms in total. The van der Waals surface area contributed by atoms with Gasteiger partial charge in [-0.3, -0.25) is 9.08 Å². The highest BCUT2D eigenvalue weighted by molar-refractivity contribution is 7.17. The summed E-state index contributed by atoms with van der Waals surface area (Å²) in [7, 11) is 1.79. The zero-order valence-corrected chi connectivity index (χ0v) is 15.7. The molecule has 1 aliphatic rings. The number of aryl methyl sites for hydroxylation is 1. The molecule has 1 aromatic carbocycles. The molecule has 1 fully saturated rings. The van der Waals surface area contributed by atoms with Gasteiger partial charge >= 0.3 is 0 Å². The van der Waals surface area contributed by atoms with Crippen LogP contribution in [0.4, 0.5) is 4.39 Å². The molecule has 3 aromatic heterocycles. The summed E-state index contributed by atoms with van der Waals surface area (Å²) in [5, 5.41) is 14.0. The lowest BCUT2D eigenvalue weighted by molar-refractivity contribution is 0.619. The first-order valence-corrected chi connectivity index (χ1v) is 9.93. The van der Waals surface area contributed by atoms with Gasteiger partial charge in [-0.25, -0.2) is 14.6 Å². The van der Waals surface area contributed by atoms with E-state index in [1.807, 2.05) is 22.9 Å². The minimum Gasteiger partial charge on any atom is -0.297 e. The van der Waals surface area contributed by atoms with Gasteiger partial charge in [-0.2, -0.15) is 5.10 Å². The number of thiazole rings is 1. The lowest BCUT2D eigenvalue weighted by atomic mass is 9.42. The van der Waals surface area contributed by atoms with E-state index in [1.54, 1.807) is 23.1 Å². The van der Waals surface area contributed by atoms with Crippen LogP contribution in [0.25, 0.3) is 27.1 Å². The van der Waals surface area contributed by atoms with E-state index < -0.39 is 0 Å². The molecule has 0 bridgehead atoms. The van der Waals surface area contributed by atoms with Crippen molar-refractivity contribution in [2.75, 3.05) is 0 Å². The Labute approximate surface area is 160 Å². The second-order valence-electron chi connectivity index (χ2n) is 7.33. The monoisotopic (exact) mass is 377 g/mol. The van der Waals surface area contributed by atoms with Gasteiger partial charge in [0.05, 0.1) is 5.69 Å². The summed E-state index contributed by atoms with van der Waals surface area (Å²) < 4.78 is 18.0. The molecule has 0 N–H and O–H groups in total. The average molecular weight is 377 g/mol. The Hall–Kier alpha value is -2.66. The van der Waals surface area contributed by atoms with Gasteiger partial charge in [-0.1, -0.05) is 25.5 Å². The minimum atomic E-state index is -0.325. The highest BCUT2D eigenvalue weighted by Gasteiger charge is 2.26. The van der Waals surface area contributed by atoms with Crippen LogP contribution in [0.2, 0.25) is 12.6 Å². The Balaban J connectivity index is 1.46. The number of fused-ring (bicyclic) bond motifs is 2. The summed E-state index contributed by atoms with van der Waals surface area (Å²) in [5.41, 5.74) is 1.92. The highest BCUT2D eigenvalue weighted by Crippen LogP contribution is 2.37. The number of aromatic nitrogens is 4. The number of nitriles is 1. The number of halogens is 1. The zero-order chi connectivity index (χ0) is 18.5. The molecule has 8 heteroatoms. The van der Waals surface area contributed by atoms with Gasteiger partial charge in [0, 0.05) is 47.4 Å². The summed E-state index contributed by atoms with van der Waals surface area (Å²) in [6, 6.07) is 3.44. The number of nitrogens with zero attached hydrogens (tertiary/aromatic N) is 5. The number of imidazole rings is 1. The Morgan fingerprint density at radius 1 is 1.26 bits per heavy atom. The van der Waals surface area contributed by atoms with Crippen LogP contribution in [0.15, 0.2) is 30.7 Å². The molecule has 0 unspecified atom stereocenters. The number of benzene rings is 1. The Kier molecular flexibility index (Phi) is 3.79.